The molecule has 118 valence electrons. The Morgan fingerprint density at radius 3 is 2.78 bits per heavy atom. The van der Waals surface area contributed by atoms with Crippen molar-refractivity contribution in [2.75, 3.05) is 5.32 Å². The number of carbonyl (C=O) groups excluding carboxylic acids is 1. The molecule has 2 aromatic rings. The highest BCUT2D eigenvalue weighted by Gasteiger charge is 2.28. The predicted molar refractivity (Wildman–Crippen MR) is 87.0 cm³/mol. The van der Waals surface area contributed by atoms with E-state index in [2.05, 4.69) is 10.3 Å². The number of nitrogens with zero attached hydrogens (tertiary/aromatic N) is 3. The molecule has 23 heavy (non-hydrogen) atoms. The van der Waals surface area contributed by atoms with Crippen molar-refractivity contribution >= 4 is 28.1 Å². The number of amides is 1. The van der Waals surface area contributed by atoms with E-state index in [0.717, 1.165) is 4.88 Å². The lowest BCUT2D eigenvalue weighted by Gasteiger charge is -2.12. The van der Waals surface area contributed by atoms with Crippen LogP contribution in [-0.2, 0) is 4.79 Å². The molecule has 0 fully saturated rings. The lowest BCUT2D eigenvalue weighted by molar-refractivity contribution is -0.384. The van der Waals surface area contributed by atoms with Crippen molar-refractivity contribution in [3.63, 3.8) is 0 Å². The van der Waals surface area contributed by atoms with Crippen LogP contribution in [0.5, 0.6) is 0 Å². The Hall–Kier alpha value is -2.79. The first-order valence-corrected chi connectivity index (χ1v) is 7.51. The molecule has 0 bridgehead atoms. The SMILES string of the molecule is Cc1sc(NC(=O)C(C)(C)C#N)nc1-c1cccc([N+](=O)[O-])c1. The monoisotopic (exact) mass is 330 g/mol. The van der Waals surface area contributed by atoms with Gasteiger partial charge in [0.15, 0.2) is 5.13 Å². The normalized spacial score (nSPS) is 10.9. The van der Waals surface area contributed by atoms with Gasteiger partial charge in [-0.2, -0.15) is 5.26 Å². The molecule has 0 saturated heterocycles. The molecular formula is C15H14N4O3S. The van der Waals surface area contributed by atoms with E-state index < -0.39 is 16.2 Å². The van der Waals surface area contributed by atoms with E-state index in [1.54, 1.807) is 12.1 Å². The average molecular weight is 330 g/mol. The molecule has 0 unspecified atom stereocenters. The third-order valence-electron chi connectivity index (χ3n) is 3.19. The highest BCUT2D eigenvalue weighted by molar-refractivity contribution is 7.16. The second-order valence-corrected chi connectivity index (χ2v) is 6.63. The summed E-state index contributed by atoms with van der Waals surface area (Å²) in [7, 11) is 0. The number of anilines is 1. The van der Waals surface area contributed by atoms with Crippen molar-refractivity contribution in [1.29, 1.82) is 5.26 Å². The van der Waals surface area contributed by atoms with Crippen molar-refractivity contribution in [2.45, 2.75) is 20.8 Å². The molecule has 1 aromatic carbocycles. The van der Waals surface area contributed by atoms with Gasteiger partial charge in [0.25, 0.3) is 5.69 Å². The molecule has 1 aromatic heterocycles. The van der Waals surface area contributed by atoms with E-state index in [-0.39, 0.29) is 5.69 Å². The van der Waals surface area contributed by atoms with Crippen LogP contribution in [0.2, 0.25) is 0 Å². The van der Waals surface area contributed by atoms with Crippen LogP contribution in [0.3, 0.4) is 0 Å². The third kappa shape index (κ3) is 3.52. The number of benzene rings is 1. The molecule has 0 spiro atoms. The van der Waals surface area contributed by atoms with Crippen molar-refractivity contribution in [2.24, 2.45) is 5.41 Å². The average Bonchev–Trinajstić information content (AvgIpc) is 2.87. The zero-order chi connectivity index (χ0) is 17.2. The Kier molecular flexibility index (Phi) is 4.43. The molecule has 2 rings (SSSR count). The Labute approximate surface area is 136 Å². The largest absolute Gasteiger partial charge is 0.301 e. The number of nitriles is 1. The first-order chi connectivity index (χ1) is 10.7. The number of thiazole rings is 1. The maximum absolute atomic E-state index is 12.0. The second kappa shape index (κ2) is 6.14. The Morgan fingerprint density at radius 1 is 1.48 bits per heavy atom. The molecule has 1 amide bonds. The van der Waals surface area contributed by atoms with Crippen molar-refractivity contribution in [1.82, 2.24) is 4.98 Å². The number of hydrogen-bond acceptors (Lipinski definition) is 6. The first kappa shape index (κ1) is 16.6. The van der Waals surface area contributed by atoms with Gasteiger partial charge in [0.05, 0.1) is 16.7 Å². The van der Waals surface area contributed by atoms with Gasteiger partial charge in [-0.3, -0.25) is 14.9 Å². The first-order valence-electron chi connectivity index (χ1n) is 6.69. The second-order valence-electron chi connectivity index (χ2n) is 5.42. The van der Waals surface area contributed by atoms with E-state index in [4.69, 9.17) is 5.26 Å². The lowest BCUT2D eigenvalue weighted by atomic mass is 9.95. The Balaban J connectivity index is 2.32. The number of nitro groups is 1. The minimum absolute atomic E-state index is 0.0221. The summed E-state index contributed by atoms with van der Waals surface area (Å²) >= 11 is 1.26. The number of aromatic nitrogens is 1. The highest BCUT2D eigenvalue weighted by Crippen LogP contribution is 2.32. The summed E-state index contributed by atoms with van der Waals surface area (Å²) in [5, 5.41) is 22.8. The number of nitro benzene ring substituents is 1. The fourth-order valence-electron chi connectivity index (χ4n) is 1.79. The quantitative estimate of drug-likeness (QED) is 0.681. The summed E-state index contributed by atoms with van der Waals surface area (Å²) in [4.78, 5) is 27.5. The standard InChI is InChI=1S/C15H14N4O3S/c1-9-12(10-5-4-6-11(7-10)19(21)22)17-14(23-9)18-13(20)15(2,3)8-16/h4-7H,1-3H3,(H,17,18,20). The van der Waals surface area contributed by atoms with Gasteiger partial charge in [0.2, 0.25) is 5.91 Å². The highest BCUT2D eigenvalue weighted by atomic mass is 32.1. The van der Waals surface area contributed by atoms with E-state index >= 15 is 0 Å². The van der Waals surface area contributed by atoms with Gasteiger partial charge >= 0.3 is 0 Å². The van der Waals surface area contributed by atoms with Gasteiger partial charge in [-0.25, -0.2) is 4.98 Å². The van der Waals surface area contributed by atoms with Crippen LogP contribution in [-0.4, -0.2) is 15.8 Å². The van der Waals surface area contributed by atoms with Crippen molar-refractivity contribution < 1.29 is 9.72 Å². The lowest BCUT2D eigenvalue weighted by Crippen LogP contribution is -2.29. The summed E-state index contributed by atoms with van der Waals surface area (Å²) in [6, 6.07) is 8.08. The molecule has 0 aliphatic heterocycles. The van der Waals surface area contributed by atoms with Crippen molar-refractivity contribution in [3.8, 4) is 17.3 Å². The number of rotatable bonds is 4. The zero-order valence-electron chi connectivity index (χ0n) is 12.8. The van der Waals surface area contributed by atoms with Crippen LogP contribution in [0.25, 0.3) is 11.3 Å². The summed E-state index contributed by atoms with van der Waals surface area (Å²) in [5.41, 5.74) is -0.00602. The van der Waals surface area contributed by atoms with Gasteiger partial charge in [-0.15, -0.1) is 11.3 Å². The topological polar surface area (TPSA) is 109 Å². The predicted octanol–water partition coefficient (Wildman–Crippen LogP) is 3.52. The fourth-order valence-corrected chi connectivity index (χ4v) is 2.62. The van der Waals surface area contributed by atoms with Crippen LogP contribution in [0, 0.1) is 33.8 Å². The molecule has 0 radical (unpaired) electrons. The molecule has 8 heteroatoms. The maximum Gasteiger partial charge on any atom is 0.270 e. The molecule has 1 N–H and O–H groups in total. The fraction of sp³-hybridized carbons (Fsp3) is 0.267. The van der Waals surface area contributed by atoms with Gasteiger partial charge in [-0.1, -0.05) is 12.1 Å². The number of aryl methyl sites for hydroxylation is 1. The molecule has 1 heterocycles. The van der Waals surface area contributed by atoms with Gasteiger partial charge < -0.3 is 5.32 Å². The minimum atomic E-state index is -1.16. The van der Waals surface area contributed by atoms with Crippen LogP contribution in [0.4, 0.5) is 10.8 Å². The zero-order valence-corrected chi connectivity index (χ0v) is 13.6. The number of non-ortho nitro benzene ring substituents is 1. The molecule has 0 aliphatic rings. The maximum atomic E-state index is 12.0. The van der Waals surface area contributed by atoms with Crippen LogP contribution >= 0.6 is 11.3 Å². The summed E-state index contributed by atoms with van der Waals surface area (Å²) in [6.45, 7) is 4.85. The van der Waals surface area contributed by atoms with Gasteiger partial charge in [-0.05, 0) is 20.8 Å². The molecular weight excluding hydrogens is 316 g/mol. The molecule has 7 nitrogen and oxygen atoms in total. The minimum Gasteiger partial charge on any atom is -0.301 e. The van der Waals surface area contributed by atoms with E-state index in [9.17, 15) is 14.9 Å². The van der Waals surface area contributed by atoms with Crippen LogP contribution in [0.1, 0.15) is 18.7 Å². The molecule has 0 aliphatic carbocycles. The summed E-state index contributed by atoms with van der Waals surface area (Å²) in [6.07, 6.45) is 0. The van der Waals surface area contributed by atoms with Crippen molar-refractivity contribution in [3.05, 3.63) is 39.3 Å². The summed E-state index contributed by atoms with van der Waals surface area (Å²) in [5.74, 6) is -0.445. The molecule has 0 saturated carbocycles. The van der Waals surface area contributed by atoms with E-state index in [1.807, 2.05) is 13.0 Å². The Morgan fingerprint density at radius 2 is 2.17 bits per heavy atom. The summed E-state index contributed by atoms with van der Waals surface area (Å²) < 4.78 is 0. The van der Waals surface area contributed by atoms with Gasteiger partial charge in [0, 0.05) is 22.6 Å². The number of hydrogen-bond donors (Lipinski definition) is 1. The third-order valence-corrected chi connectivity index (χ3v) is 4.08. The number of carbonyl (C=O) groups is 1. The smallest absolute Gasteiger partial charge is 0.270 e. The van der Waals surface area contributed by atoms with Crippen LogP contribution in [0.15, 0.2) is 24.3 Å². The number of nitrogens with one attached hydrogen (secondary N) is 1. The van der Waals surface area contributed by atoms with Crippen LogP contribution < -0.4 is 5.32 Å². The van der Waals surface area contributed by atoms with E-state index in [0.29, 0.717) is 16.4 Å². The van der Waals surface area contributed by atoms with Gasteiger partial charge in [0.1, 0.15) is 5.41 Å². The molecule has 0 atom stereocenters. The Bertz CT molecular complexity index is 820. The van der Waals surface area contributed by atoms with E-state index in [1.165, 1.54) is 37.3 Å².